The molecule has 3 aromatic rings. The summed E-state index contributed by atoms with van der Waals surface area (Å²) >= 11 is 0. The first kappa shape index (κ1) is 21.4. The molecule has 0 aromatic heterocycles. The van der Waals surface area contributed by atoms with Crippen molar-refractivity contribution in [1.29, 1.82) is 0 Å². The number of carbonyl (C=O) groups is 3. The number of hydrogen-bond donors (Lipinski definition) is 2. The van der Waals surface area contributed by atoms with Crippen LogP contribution in [0.5, 0.6) is 5.75 Å². The molecule has 1 saturated heterocycles. The first-order chi connectivity index (χ1) is 15.5. The summed E-state index contributed by atoms with van der Waals surface area (Å²) in [6.45, 7) is 0.819. The van der Waals surface area contributed by atoms with Crippen molar-refractivity contribution in [2.75, 3.05) is 25.0 Å². The van der Waals surface area contributed by atoms with E-state index in [1.807, 2.05) is 42.5 Å². The highest BCUT2D eigenvalue weighted by Gasteiger charge is 2.29. The lowest BCUT2D eigenvalue weighted by Crippen LogP contribution is -2.43. The lowest BCUT2D eigenvalue weighted by molar-refractivity contribution is -0.121. The van der Waals surface area contributed by atoms with E-state index in [-0.39, 0.29) is 24.3 Å². The van der Waals surface area contributed by atoms with Crippen molar-refractivity contribution >= 4 is 34.2 Å². The molecule has 1 atom stereocenters. The molecule has 1 unspecified atom stereocenters. The zero-order chi connectivity index (χ0) is 22.5. The third kappa shape index (κ3) is 4.88. The van der Waals surface area contributed by atoms with Crippen LogP contribution in [-0.4, -0.2) is 42.3 Å². The molecular formula is C25H25N3O4. The Morgan fingerprint density at radius 1 is 1.00 bits per heavy atom. The predicted molar refractivity (Wildman–Crippen MR) is 122 cm³/mol. The molecule has 3 N–H and O–H groups in total. The minimum absolute atomic E-state index is 0.0461. The molecule has 0 spiro atoms. The van der Waals surface area contributed by atoms with E-state index in [1.54, 1.807) is 29.2 Å². The van der Waals surface area contributed by atoms with Crippen LogP contribution in [0.4, 0.5) is 5.69 Å². The molecule has 1 aliphatic heterocycles. The Morgan fingerprint density at radius 3 is 2.53 bits per heavy atom. The van der Waals surface area contributed by atoms with Gasteiger partial charge in [0.25, 0.3) is 11.8 Å². The third-order valence-corrected chi connectivity index (χ3v) is 5.60. The molecule has 1 fully saturated rings. The highest BCUT2D eigenvalue weighted by Crippen LogP contribution is 2.25. The molecule has 3 amide bonds. The van der Waals surface area contributed by atoms with Gasteiger partial charge in [-0.1, -0.05) is 36.4 Å². The Hall–Kier alpha value is -3.87. The van der Waals surface area contributed by atoms with E-state index in [9.17, 15) is 14.4 Å². The Balaban J connectivity index is 1.40. The van der Waals surface area contributed by atoms with Crippen LogP contribution in [0.2, 0.25) is 0 Å². The quantitative estimate of drug-likeness (QED) is 0.626. The number of fused-ring (bicyclic) bond motifs is 1. The smallest absolute Gasteiger partial charge is 0.255 e. The number of rotatable bonds is 6. The molecule has 0 radical (unpaired) electrons. The number of carbonyl (C=O) groups excluding carboxylic acids is 3. The van der Waals surface area contributed by atoms with Crippen molar-refractivity contribution in [1.82, 2.24) is 4.90 Å². The van der Waals surface area contributed by atoms with Crippen molar-refractivity contribution in [3.8, 4) is 5.75 Å². The van der Waals surface area contributed by atoms with Gasteiger partial charge in [0.15, 0.2) is 6.61 Å². The SMILES string of the molecule is NC(=O)COc1ccc(NC(=O)C2CCCN(C(=O)c3cccc4ccccc34)C2)cc1. The highest BCUT2D eigenvalue weighted by atomic mass is 16.5. The average Bonchev–Trinajstić information content (AvgIpc) is 2.83. The number of anilines is 1. The fourth-order valence-corrected chi connectivity index (χ4v) is 3.99. The van der Waals surface area contributed by atoms with E-state index in [0.29, 0.717) is 30.1 Å². The molecular weight excluding hydrogens is 406 g/mol. The van der Waals surface area contributed by atoms with Crippen molar-refractivity contribution in [2.24, 2.45) is 11.7 Å². The van der Waals surface area contributed by atoms with Gasteiger partial charge in [-0.05, 0) is 53.9 Å². The molecule has 4 rings (SSSR count). The van der Waals surface area contributed by atoms with E-state index in [4.69, 9.17) is 10.5 Å². The summed E-state index contributed by atoms with van der Waals surface area (Å²) in [5.74, 6) is -0.511. The molecule has 32 heavy (non-hydrogen) atoms. The molecule has 3 aromatic carbocycles. The summed E-state index contributed by atoms with van der Waals surface area (Å²) in [5, 5.41) is 4.85. The van der Waals surface area contributed by atoms with Crippen molar-refractivity contribution in [3.63, 3.8) is 0 Å². The van der Waals surface area contributed by atoms with E-state index < -0.39 is 5.91 Å². The summed E-state index contributed by atoms with van der Waals surface area (Å²) in [6.07, 6.45) is 1.50. The molecule has 0 bridgehead atoms. The van der Waals surface area contributed by atoms with Crippen LogP contribution in [0.3, 0.4) is 0 Å². The van der Waals surface area contributed by atoms with Gasteiger partial charge in [-0.3, -0.25) is 14.4 Å². The number of piperidine rings is 1. The van der Waals surface area contributed by atoms with Crippen LogP contribution in [0.1, 0.15) is 23.2 Å². The van der Waals surface area contributed by atoms with E-state index in [1.165, 1.54) is 0 Å². The van der Waals surface area contributed by atoms with E-state index in [0.717, 1.165) is 23.6 Å². The predicted octanol–water partition coefficient (Wildman–Crippen LogP) is 3.19. The highest BCUT2D eigenvalue weighted by molar-refractivity contribution is 6.07. The number of primary amides is 1. The summed E-state index contributed by atoms with van der Waals surface area (Å²) in [4.78, 5) is 38.7. The number of ether oxygens (including phenoxy) is 1. The number of likely N-dealkylation sites (tertiary alicyclic amines) is 1. The fourth-order valence-electron chi connectivity index (χ4n) is 3.99. The molecule has 164 valence electrons. The lowest BCUT2D eigenvalue weighted by Gasteiger charge is -2.32. The normalized spacial score (nSPS) is 15.9. The molecule has 0 saturated carbocycles. The number of hydrogen-bond acceptors (Lipinski definition) is 4. The summed E-state index contributed by atoms with van der Waals surface area (Å²) < 4.78 is 5.23. The zero-order valence-corrected chi connectivity index (χ0v) is 17.6. The second kappa shape index (κ2) is 9.51. The summed E-state index contributed by atoms with van der Waals surface area (Å²) in [5.41, 5.74) is 6.35. The van der Waals surface area contributed by atoms with Gasteiger partial charge in [0, 0.05) is 24.3 Å². The number of amides is 3. The van der Waals surface area contributed by atoms with E-state index >= 15 is 0 Å². The average molecular weight is 431 g/mol. The standard InChI is InChI=1S/C25H25N3O4/c26-23(29)16-32-20-12-10-19(11-13-20)27-24(30)18-7-4-14-28(15-18)25(31)22-9-3-6-17-5-1-2-8-21(17)22/h1-3,5-6,8-13,18H,4,7,14-16H2,(H2,26,29)(H,27,30). The van der Waals surface area contributed by atoms with Crippen LogP contribution < -0.4 is 15.8 Å². The fraction of sp³-hybridized carbons (Fsp3) is 0.240. The zero-order valence-electron chi connectivity index (χ0n) is 17.6. The monoisotopic (exact) mass is 431 g/mol. The van der Waals surface area contributed by atoms with Crippen molar-refractivity contribution in [3.05, 3.63) is 72.3 Å². The second-order valence-corrected chi connectivity index (χ2v) is 7.89. The van der Waals surface area contributed by atoms with Crippen molar-refractivity contribution in [2.45, 2.75) is 12.8 Å². The molecule has 7 heteroatoms. The maximum Gasteiger partial charge on any atom is 0.255 e. The molecule has 1 aliphatic rings. The Labute approximate surface area is 186 Å². The number of nitrogens with zero attached hydrogens (tertiary/aromatic N) is 1. The summed E-state index contributed by atoms with van der Waals surface area (Å²) in [7, 11) is 0. The van der Waals surface area contributed by atoms with Gasteiger partial charge >= 0.3 is 0 Å². The van der Waals surface area contributed by atoms with E-state index in [2.05, 4.69) is 5.32 Å². The number of nitrogens with two attached hydrogens (primary N) is 1. The number of benzene rings is 3. The van der Waals surface area contributed by atoms with Gasteiger partial charge in [0.05, 0.1) is 5.92 Å². The molecule has 0 aliphatic carbocycles. The minimum Gasteiger partial charge on any atom is -0.484 e. The topological polar surface area (TPSA) is 102 Å². The van der Waals surface area contributed by atoms with Gasteiger partial charge in [-0.25, -0.2) is 0 Å². The van der Waals surface area contributed by atoms with Gasteiger partial charge in [0.2, 0.25) is 5.91 Å². The number of nitrogens with one attached hydrogen (secondary N) is 1. The van der Waals surface area contributed by atoms with Crippen LogP contribution >= 0.6 is 0 Å². The largest absolute Gasteiger partial charge is 0.484 e. The van der Waals surface area contributed by atoms with Crippen LogP contribution in [0.25, 0.3) is 10.8 Å². The van der Waals surface area contributed by atoms with Crippen LogP contribution in [0, 0.1) is 5.92 Å². The van der Waals surface area contributed by atoms with Gasteiger partial charge in [-0.15, -0.1) is 0 Å². The Morgan fingerprint density at radius 2 is 1.75 bits per heavy atom. The Kier molecular flexibility index (Phi) is 6.35. The molecule has 1 heterocycles. The second-order valence-electron chi connectivity index (χ2n) is 7.89. The minimum atomic E-state index is -0.553. The maximum atomic E-state index is 13.2. The van der Waals surface area contributed by atoms with Crippen LogP contribution in [-0.2, 0) is 9.59 Å². The maximum absolute atomic E-state index is 13.2. The first-order valence-corrected chi connectivity index (χ1v) is 10.6. The summed E-state index contributed by atoms with van der Waals surface area (Å²) in [6, 6.07) is 20.3. The van der Waals surface area contributed by atoms with Gasteiger partial charge in [0.1, 0.15) is 5.75 Å². The third-order valence-electron chi connectivity index (χ3n) is 5.60. The van der Waals surface area contributed by atoms with Crippen molar-refractivity contribution < 1.29 is 19.1 Å². The van der Waals surface area contributed by atoms with Gasteiger partial charge in [-0.2, -0.15) is 0 Å². The lowest BCUT2D eigenvalue weighted by atomic mass is 9.95. The van der Waals surface area contributed by atoms with Gasteiger partial charge < -0.3 is 20.7 Å². The Bertz CT molecular complexity index is 1140. The first-order valence-electron chi connectivity index (χ1n) is 10.6. The molecule has 7 nitrogen and oxygen atoms in total. The van der Waals surface area contributed by atoms with Crippen LogP contribution in [0.15, 0.2) is 66.7 Å².